The molecule has 1 atom stereocenters. The Morgan fingerprint density at radius 1 is 1.38 bits per heavy atom. The third-order valence-electron chi connectivity index (χ3n) is 1.76. The standard InChI is InChI=1S/C6H5F3NO2P/c7-13(8,9)10-4-2-1-3-5(10)6(11)12-13/h1-5H. The molecule has 0 aromatic carbocycles. The van der Waals surface area contributed by atoms with Crippen LogP contribution in [-0.2, 0) is 9.32 Å². The van der Waals surface area contributed by atoms with Crippen molar-refractivity contribution < 1.29 is 21.9 Å². The molecule has 1 fully saturated rings. The second kappa shape index (κ2) is 2.07. The average Bonchev–Trinajstić information content (AvgIpc) is 2.20. The van der Waals surface area contributed by atoms with Crippen molar-refractivity contribution in [2.75, 3.05) is 0 Å². The summed E-state index contributed by atoms with van der Waals surface area (Å²) >= 11 is 0. The van der Waals surface area contributed by atoms with Crippen molar-refractivity contribution in [3.63, 3.8) is 0 Å². The predicted molar refractivity (Wildman–Crippen MR) is 40.2 cm³/mol. The molecule has 0 aliphatic carbocycles. The van der Waals surface area contributed by atoms with Crippen LogP contribution in [0.1, 0.15) is 0 Å². The van der Waals surface area contributed by atoms with E-state index in [2.05, 4.69) is 4.52 Å². The number of hydrogen-bond donors (Lipinski definition) is 0. The van der Waals surface area contributed by atoms with Crippen molar-refractivity contribution in [1.29, 1.82) is 0 Å². The van der Waals surface area contributed by atoms with Crippen LogP contribution in [0.4, 0.5) is 12.6 Å². The minimum atomic E-state index is -6.89. The van der Waals surface area contributed by atoms with Crippen molar-refractivity contribution in [1.82, 2.24) is 4.67 Å². The van der Waals surface area contributed by atoms with Gasteiger partial charge in [0.05, 0.1) is 0 Å². The summed E-state index contributed by atoms with van der Waals surface area (Å²) in [4.78, 5) is 10.8. The Morgan fingerprint density at radius 3 is 2.69 bits per heavy atom. The van der Waals surface area contributed by atoms with Crippen LogP contribution >= 0.6 is 7.91 Å². The third-order valence-corrected chi connectivity index (χ3v) is 3.32. The van der Waals surface area contributed by atoms with Crippen LogP contribution in [0.15, 0.2) is 24.4 Å². The Balaban J connectivity index is 2.47. The fraction of sp³-hybridized carbons (Fsp3) is 0.167. The average molecular weight is 211 g/mol. The summed E-state index contributed by atoms with van der Waals surface area (Å²) in [6, 6.07) is -1.32. The van der Waals surface area contributed by atoms with Crippen molar-refractivity contribution >= 4 is 13.9 Å². The molecule has 3 nitrogen and oxygen atoms in total. The van der Waals surface area contributed by atoms with Gasteiger partial charge in [-0.15, -0.1) is 0 Å². The first-order valence-electron chi connectivity index (χ1n) is 3.44. The van der Waals surface area contributed by atoms with Crippen LogP contribution in [0.5, 0.6) is 0 Å². The first-order chi connectivity index (χ1) is 5.88. The summed E-state index contributed by atoms with van der Waals surface area (Å²) in [7, 11) is -6.89. The van der Waals surface area contributed by atoms with Gasteiger partial charge in [-0.05, 0) is 0 Å². The molecule has 1 unspecified atom stereocenters. The van der Waals surface area contributed by atoms with E-state index in [0.29, 0.717) is 0 Å². The van der Waals surface area contributed by atoms with Crippen LogP contribution in [0.3, 0.4) is 0 Å². The van der Waals surface area contributed by atoms with Gasteiger partial charge in [-0.25, -0.2) is 0 Å². The van der Waals surface area contributed by atoms with Crippen molar-refractivity contribution in [2.45, 2.75) is 6.04 Å². The molecule has 0 N–H and O–H groups in total. The number of carbonyl (C=O) groups is 1. The van der Waals surface area contributed by atoms with Gasteiger partial charge in [-0.2, -0.15) is 0 Å². The van der Waals surface area contributed by atoms with Gasteiger partial charge in [0.15, 0.2) is 0 Å². The van der Waals surface area contributed by atoms with Gasteiger partial charge in [0.2, 0.25) is 0 Å². The van der Waals surface area contributed by atoms with Crippen molar-refractivity contribution in [3.05, 3.63) is 24.4 Å². The first kappa shape index (κ1) is 8.56. The normalized spacial score (nSPS) is 36.2. The number of nitrogens with zero attached hydrogens (tertiary/aromatic N) is 1. The van der Waals surface area contributed by atoms with Gasteiger partial charge < -0.3 is 0 Å². The summed E-state index contributed by atoms with van der Waals surface area (Å²) in [5.41, 5.74) is 0. The number of carbonyl (C=O) groups excluding carboxylic acids is 1. The fourth-order valence-corrected chi connectivity index (χ4v) is 2.54. The molecule has 2 aliphatic rings. The van der Waals surface area contributed by atoms with E-state index in [9.17, 15) is 17.4 Å². The molecule has 13 heavy (non-hydrogen) atoms. The van der Waals surface area contributed by atoms with Crippen LogP contribution in [0.2, 0.25) is 0 Å². The molecule has 0 aromatic heterocycles. The summed E-state index contributed by atoms with van der Waals surface area (Å²) in [6.07, 6.45) is 4.60. The van der Waals surface area contributed by atoms with E-state index in [1.807, 2.05) is 0 Å². The zero-order valence-corrected chi connectivity index (χ0v) is 7.13. The molecule has 1 saturated heterocycles. The summed E-state index contributed by atoms with van der Waals surface area (Å²) < 4.78 is 42.2. The molecule has 7 heteroatoms. The van der Waals surface area contributed by atoms with E-state index in [4.69, 9.17) is 0 Å². The molecule has 2 rings (SSSR count). The monoisotopic (exact) mass is 211 g/mol. The molecule has 2 heterocycles. The molecule has 0 aromatic rings. The van der Waals surface area contributed by atoms with Gasteiger partial charge in [-0.3, -0.25) is 0 Å². The molecule has 0 amide bonds. The van der Waals surface area contributed by atoms with E-state index >= 15 is 0 Å². The maximum absolute atomic E-state index is 12.9. The van der Waals surface area contributed by atoms with E-state index in [0.717, 1.165) is 12.3 Å². The third kappa shape index (κ3) is 1.13. The first-order valence-corrected chi connectivity index (χ1v) is 5.22. The summed E-state index contributed by atoms with van der Waals surface area (Å²) in [5, 5.41) is 0. The Kier molecular flexibility index (Phi) is 1.36. The van der Waals surface area contributed by atoms with Crippen molar-refractivity contribution in [3.8, 4) is 0 Å². The van der Waals surface area contributed by atoms with Gasteiger partial charge in [0, 0.05) is 0 Å². The molecule has 72 valence electrons. The maximum atomic E-state index is 12.9. The molecule has 2 aliphatic heterocycles. The minimum absolute atomic E-state index is 0.0634. The topological polar surface area (TPSA) is 29.5 Å². The Morgan fingerprint density at radius 2 is 2.08 bits per heavy atom. The van der Waals surface area contributed by atoms with Gasteiger partial charge in [0.25, 0.3) is 0 Å². The van der Waals surface area contributed by atoms with E-state index in [-0.39, 0.29) is 4.67 Å². The zero-order chi connectivity index (χ0) is 9.71. The Labute approximate surface area is 71.9 Å². The van der Waals surface area contributed by atoms with Crippen molar-refractivity contribution in [2.24, 2.45) is 0 Å². The van der Waals surface area contributed by atoms with Crippen LogP contribution in [0.25, 0.3) is 0 Å². The van der Waals surface area contributed by atoms with E-state index in [1.165, 1.54) is 12.2 Å². The second-order valence-corrected chi connectivity index (χ2v) is 4.73. The Bertz CT molecular complexity index is 333. The van der Waals surface area contributed by atoms with Crippen LogP contribution in [0, 0.1) is 0 Å². The summed E-state index contributed by atoms with van der Waals surface area (Å²) in [6.45, 7) is 0. The molecular weight excluding hydrogens is 206 g/mol. The quantitative estimate of drug-likeness (QED) is 0.576. The van der Waals surface area contributed by atoms with Crippen LogP contribution in [-0.4, -0.2) is 16.7 Å². The van der Waals surface area contributed by atoms with Gasteiger partial charge in [0.1, 0.15) is 0 Å². The molecule has 0 saturated carbocycles. The predicted octanol–water partition coefficient (Wildman–Crippen LogP) is 2.33. The summed E-state index contributed by atoms with van der Waals surface area (Å²) in [5.74, 6) is -1.24. The van der Waals surface area contributed by atoms with Gasteiger partial charge in [-0.1, -0.05) is 0 Å². The molecule has 0 radical (unpaired) electrons. The molecule has 0 spiro atoms. The Hall–Kier alpha value is -1.03. The molecular formula is C6H5F3NO2P. The zero-order valence-electron chi connectivity index (χ0n) is 6.23. The fourth-order valence-electron chi connectivity index (χ4n) is 1.21. The number of fused-ring (bicyclic) bond motifs is 1. The number of allylic oxidation sites excluding steroid dienone is 2. The van der Waals surface area contributed by atoms with E-state index in [1.54, 1.807) is 0 Å². The van der Waals surface area contributed by atoms with Gasteiger partial charge >= 0.3 is 70.9 Å². The number of hydrogen-bond acceptors (Lipinski definition) is 3. The molecule has 0 bridgehead atoms. The number of halogens is 3. The van der Waals surface area contributed by atoms with E-state index < -0.39 is 19.9 Å². The SMILES string of the molecule is O=C1OP(F)(F)(F)N2C=CC=CC12. The number of rotatable bonds is 0. The second-order valence-electron chi connectivity index (χ2n) is 2.67. The van der Waals surface area contributed by atoms with Crippen LogP contribution < -0.4 is 0 Å².